The number of aliphatic hydroxyl groups is 1. The molecule has 1 aromatic heterocycles. The van der Waals surface area contributed by atoms with Crippen LogP contribution in [0.2, 0.25) is 0 Å². The van der Waals surface area contributed by atoms with Crippen LogP contribution in [0.15, 0.2) is 12.1 Å². The lowest BCUT2D eigenvalue weighted by molar-refractivity contribution is 0.111. The van der Waals surface area contributed by atoms with Crippen molar-refractivity contribution in [2.75, 3.05) is 14.2 Å². The molecule has 1 fully saturated rings. The highest BCUT2D eigenvalue weighted by Gasteiger charge is 2.23. The molecule has 3 rings (SSSR count). The minimum Gasteiger partial charge on any atom is -0.493 e. The van der Waals surface area contributed by atoms with Gasteiger partial charge >= 0.3 is 0 Å². The van der Waals surface area contributed by atoms with Gasteiger partial charge in [-0.1, -0.05) is 0 Å². The predicted molar refractivity (Wildman–Crippen MR) is 83.7 cm³/mol. The molecule has 0 bridgehead atoms. The van der Waals surface area contributed by atoms with Crippen molar-refractivity contribution in [3.8, 4) is 11.5 Å². The van der Waals surface area contributed by atoms with E-state index in [1.165, 1.54) is 0 Å². The minimum atomic E-state index is -0.171. The number of fused-ring (bicyclic) bond motifs is 1. The Bertz CT molecular complexity index is 699. The van der Waals surface area contributed by atoms with Crippen molar-refractivity contribution in [2.24, 2.45) is 0 Å². The molecule has 1 saturated carbocycles. The zero-order valence-electron chi connectivity index (χ0n) is 12.3. The molecule has 0 amide bonds. The molecule has 1 heterocycles. The summed E-state index contributed by atoms with van der Waals surface area (Å²) >= 11 is 5.49. The van der Waals surface area contributed by atoms with Crippen LogP contribution in [0, 0.1) is 4.77 Å². The van der Waals surface area contributed by atoms with Crippen LogP contribution in [0.5, 0.6) is 11.5 Å². The molecule has 1 aromatic carbocycles. The monoisotopic (exact) mass is 308 g/mol. The number of ether oxygens (including phenoxy) is 2. The van der Waals surface area contributed by atoms with Crippen molar-refractivity contribution < 1.29 is 14.6 Å². The number of H-pyrrole nitrogens is 1. The molecule has 6 heteroatoms. The van der Waals surface area contributed by atoms with E-state index in [2.05, 4.69) is 9.55 Å². The summed E-state index contributed by atoms with van der Waals surface area (Å²) in [6, 6.07) is 4.21. The van der Waals surface area contributed by atoms with Crippen LogP contribution < -0.4 is 9.47 Å². The van der Waals surface area contributed by atoms with Crippen molar-refractivity contribution in [3.05, 3.63) is 16.9 Å². The van der Waals surface area contributed by atoms with Crippen LogP contribution in [0.4, 0.5) is 0 Å². The molecule has 0 atom stereocenters. The van der Waals surface area contributed by atoms with Crippen molar-refractivity contribution >= 4 is 23.3 Å². The van der Waals surface area contributed by atoms with Gasteiger partial charge in [-0.3, -0.25) is 0 Å². The largest absolute Gasteiger partial charge is 0.493 e. The summed E-state index contributed by atoms with van der Waals surface area (Å²) in [5.74, 6) is 1.39. The Hall–Kier alpha value is -1.53. The van der Waals surface area contributed by atoms with Gasteiger partial charge in [0, 0.05) is 18.2 Å². The van der Waals surface area contributed by atoms with Crippen molar-refractivity contribution in [3.63, 3.8) is 0 Å². The standard InChI is InChI=1S/C15H20N2O3S/c1-19-13-7-11-12(8-14(13)20-2)17(15(21)16-11)9-3-5-10(18)6-4-9/h7-10,18H,3-6H2,1-2H3,(H,16,21). The molecule has 0 aliphatic heterocycles. The summed E-state index contributed by atoms with van der Waals surface area (Å²) in [4.78, 5) is 3.24. The fourth-order valence-corrected chi connectivity index (χ4v) is 3.49. The van der Waals surface area contributed by atoms with Gasteiger partial charge < -0.3 is 24.1 Å². The summed E-state index contributed by atoms with van der Waals surface area (Å²) in [5.41, 5.74) is 1.97. The summed E-state index contributed by atoms with van der Waals surface area (Å²) in [7, 11) is 3.25. The number of benzene rings is 1. The highest BCUT2D eigenvalue weighted by atomic mass is 32.1. The number of methoxy groups -OCH3 is 2. The summed E-state index contributed by atoms with van der Waals surface area (Å²) < 4.78 is 13.6. The fourth-order valence-electron chi connectivity index (χ4n) is 3.13. The van der Waals surface area contributed by atoms with Crippen LogP contribution in [-0.4, -0.2) is 35.0 Å². The van der Waals surface area contributed by atoms with Crippen molar-refractivity contribution in [1.82, 2.24) is 9.55 Å². The summed E-state index contributed by atoms with van der Waals surface area (Å²) in [6.07, 6.45) is 3.36. The first-order valence-corrected chi connectivity index (χ1v) is 7.59. The molecule has 1 aliphatic rings. The molecular weight excluding hydrogens is 288 g/mol. The molecule has 21 heavy (non-hydrogen) atoms. The lowest BCUT2D eigenvalue weighted by Gasteiger charge is -2.27. The second-order valence-electron chi connectivity index (χ2n) is 5.49. The Morgan fingerprint density at radius 1 is 1.14 bits per heavy atom. The minimum absolute atomic E-state index is 0.171. The zero-order chi connectivity index (χ0) is 15.0. The molecule has 2 N–H and O–H groups in total. The Labute approximate surface area is 128 Å². The normalized spacial score (nSPS) is 22.4. The van der Waals surface area contributed by atoms with E-state index in [0.717, 1.165) is 36.7 Å². The van der Waals surface area contributed by atoms with Crippen LogP contribution in [0.1, 0.15) is 31.7 Å². The van der Waals surface area contributed by atoms with E-state index in [-0.39, 0.29) is 6.10 Å². The first kappa shape index (κ1) is 14.4. The number of hydrogen-bond donors (Lipinski definition) is 2. The number of hydrogen-bond acceptors (Lipinski definition) is 4. The van der Waals surface area contributed by atoms with Gasteiger partial charge in [0.05, 0.1) is 31.4 Å². The number of aliphatic hydroxyl groups excluding tert-OH is 1. The highest BCUT2D eigenvalue weighted by molar-refractivity contribution is 7.71. The van der Waals surface area contributed by atoms with Gasteiger partial charge in [-0.05, 0) is 37.9 Å². The lowest BCUT2D eigenvalue weighted by Crippen LogP contribution is -2.21. The third-order valence-electron chi connectivity index (χ3n) is 4.25. The van der Waals surface area contributed by atoms with Gasteiger partial charge in [0.2, 0.25) is 0 Å². The number of aromatic amines is 1. The Morgan fingerprint density at radius 2 is 1.76 bits per heavy atom. The van der Waals surface area contributed by atoms with Crippen LogP contribution in [-0.2, 0) is 0 Å². The second kappa shape index (κ2) is 5.69. The van der Waals surface area contributed by atoms with E-state index < -0.39 is 0 Å². The predicted octanol–water partition coefficient (Wildman–Crippen LogP) is 3.19. The third kappa shape index (κ3) is 2.53. The van der Waals surface area contributed by atoms with E-state index in [1.54, 1.807) is 14.2 Å². The van der Waals surface area contributed by atoms with Crippen molar-refractivity contribution in [2.45, 2.75) is 37.8 Å². The average Bonchev–Trinajstić information content (AvgIpc) is 2.81. The summed E-state index contributed by atoms with van der Waals surface area (Å²) in [5, 5.41) is 9.68. The molecule has 0 radical (unpaired) electrons. The zero-order valence-corrected chi connectivity index (χ0v) is 13.1. The third-order valence-corrected chi connectivity index (χ3v) is 4.55. The second-order valence-corrected chi connectivity index (χ2v) is 5.87. The maximum absolute atomic E-state index is 9.68. The van der Waals surface area contributed by atoms with Gasteiger partial charge in [-0.25, -0.2) is 0 Å². The molecule has 114 valence electrons. The number of nitrogens with one attached hydrogen (secondary N) is 1. The van der Waals surface area contributed by atoms with E-state index in [9.17, 15) is 5.11 Å². The highest BCUT2D eigenvalue weighted by Crippen LogP contribution is 2.36. The number of aromatic nitrogens is 2. The summed E-state index contributed by atoms with van der Waals surface area (Å²) in [6.45, 7) is 0. The maximum atomic E-state index is 9.68. The quantitative estimate of drug-likeness (QED) is 0.855. The van der Waals surface area contributed by atoms with E-state index in [1.807, 2.05) is 12.1 Å². The molecule has 0 unspecified atom stereocenters. The first-order valence-electron chi connectivity index (χ1n) is 7.18. The number of nitrogens with zero attached hydrogens (tertiary/aromatic N) is 1. The van der Waals surface area contributed by atoms with Gasteiger partial charge in [-0.2, -0.15) is 0 Å². The Kier molecular flexibility index (Phi) is 3.91. The number of rotatable bonds is 3. The maximum Gasteiger partial charge on any atom is 0.178 e. The molecule has 5 nitrogen and oxygen atoms in total. The van der Waals surface area contributed by atoms with Crippen LogP contribution in [0.3, 0.4) is 0 Å². The molecular formula is C15H20N2O3S. The fraction of sp³-hybridized carbons (Fsp3) is 0.533. The Morgan fingerprint density at radius 3 is 2.38 bits per heavy atom. The van der Waals surface area contributed by atoms with Gasteiger partial charge in [-0.15, -0.1) is 0 Å². The van der Waals surface area contributed by atoms with Gasteiger partial charge in [0.1, 0.15) is 0 Å². The SMILES string of the molecule is COc1cc2[nH]c(=S)n(C3CCC(O)CC3)c2cc1OC. The van der Waals surface area contributed by atoms with Crippen molar-refractivity contribution in [1.29, 1.82) is 0 Å². The van der Waals surface area contributed by atoms with Gasteiger partial charge in [0.25, 0.3) is 0 Å². The number of imidazole rings is 1. The lowest BCUT2D eigenvalue weighted by atomic mass is 9.93. The molecule has 2 aromatic rings. The molecule has 0 saturated heterocycles. The van der Waals surface area contributed by atoms with Crippen LogP contribution in [0.25, 0.3) is 11.0 Å². The molecule has 0 spiro atoms. The molecule has 1 aliphatic carbocycles. The van der Waals surface area contributed by atoms with Crippen LogP contribution >= 0.6 is 12.2 Å². The van der Waals surface area contributed by atoms with E-state index in [4.69, 9.17) is 21.7 Å². The average molecular weight is 308 g/mol. The van der Waals surface area contributed by atoms with E-state index in [0.29, 0.717) is 22.3 Å². The van der Waals surface area contributed by atoms with E-state index >= 15 is 0 Å². The Balaban J connectivity index is 2.10. The first-order chi connectivity index (χ1) is 10.1. The smallest absolute Gasteiger partial charge is 0.178 e. The topological polar surface area (TPSA) is 59.4 Å². The van der Waals surface area contributed by atoms with Gasteiger partial charge in [0.15, 0.2) is 16.3 Å².